The second-order valence-electron chi connectivity index (χ2n) is 6.01. The molecule has 3 rings (SSSR count). The van der Waals surface area contributed by atoms with E-state index in [1.54, 1.807) is 19.1 Å². The molecule has 0 aliphatic carbocycles. The van der Waals surface area contributed by atoms with Crippen molar-refractivity contribution in [3.8, 4) is 11.3 Å². The van der Waals surface area contributed by atoms with Crippen molar-refractivity contribution in [2.75, 3.05) is 6.54 Å². The van der Waals surface area contributed by atoms with Gasteiger partial charge in [0, 0.05) is 12.1 Å². The predicted octanol–water partition coefficient (Wildman–Crippen LogP) is 2.89. The fraction of sp³-hybridized carbons (Fsp3) is 0.200. The normalized spacial score (nSPS) is 11.6. The van der Waals surface area contributed by atoms with Crippen LogP contribution in [0.2, 0.25) is 0 Å². The smallest absolute Gasteiger partial charge is 0.338 e. The van der Waals surface area contributed by atoms with Crippen molar-refractivity contribution in [1.29, 1.82) is 0 Å². The fourth-order valence-electron chi connectivity index (χ4n) is 2.57. The van der Waals surface area contributed by atoms with Crippen LogP contribution in [0, 0.1) is 0 Å². The Kier molecular flexibility index (Phi) is 5.69. The number of rotatable bonds is 5. The second-order valence-corrected chi connectivity index (χ2v) is 6.01. The molecule has 0 fully saturated rings. The molecule has 0 aliphatic rings. The van der Waals surface area contributed by atoms with E-state index < -0.39 is 24.0 Å². The summed E-state index contributed by atoms with van der Waals surface area (Å²) in [4.78, 5) is 35.8. The van der Waals surface area contributed by atoms with Gasteiger partial charge in [0.15, 0.2) is 11.9 Å². The third-order valence-corrected chi connectivity index (χ3v) is 3.98. The predicted molar refractivity (Wildman–Crippen MR) is 102 cm³/mol. The van der Waals surface area contributed by atoms with E-state index in [1.807, 2.05) is 30.3 Å². The second kappa shape index (κ2) is 8.34. The van der Waals surface area contributed by atoms with E-state index in [0.29, 0.717) is 23.2 Å². The van der Waals surface area contributed by atoms with Crippen LogP contribution in [-0.4, -0.2) is 35.7 Å². The minimum absolute atomic E-state index is 0.241. The maximum Gasteiger partial charge on any atom is 0.338 e. The molecule has 1 aromatic heterocycles. The Morgan fingerprint density at radius 3 is 2.61 bits per heavy atom. The van der Waals surface area contributed by atoms with E-state index in [2.05, 4.69) is 15.8 Å². The van der Waals surface area contributed by atoms with Gasteiger partial charge in [0.05, 0.1) is 10.9 Å². The first kappa shape index (κ1) is 19.1. The first-order valence-electron chi connectivity index (χ1n) is 8.74. The van der Waals surface area contributed by atoms with E-state index in [-0.39, 0.29) is 5.56 Å². The van der Waals surface area contributed by atoms with Gasteiger partial charge in [-0.2, -0.15) is 0 Å². The zero-order valence-corrected chi connectivity index (χ0v) is 15.4. The van der Waals surface area contributed by atoms with Crippen LogP contribution in [0.5, 0.6) is 0 Å². The van der Waals surface area contributed by atoms with Crippen LogP contribution in [-0.2, 0) is 9.53 Å². The molecule has 28 heavy (non-hydrogen) atoms. The monoisotopic (exact) mass is 381 g/mol. The van der Waals surface area contributed by atoms with Gasteiger partial charge < -0.3 is 14.6 Å². The molecular weight excluding hydrogens is 362 g/mol. The molecule has 1 heterocycles. The average Bonchev–Trinajstić information content (AvgIpc) is 3.11. The van der Waals surface area contributed by atoms with Crippen molar-refractivity contribution in [1.82, 2.24) is 15.8 Å². The summed E-state index contributed by atoms with van der Waals surface area (Å²) in [6, 6.07) is 13.5. The van der Waals surface area contributed by atoms with Crippen LogP contribution in [0.1, 0.15) is 24.2 Å². The van der Waals surface area contributed by atoms with Crippen LogP contribution < -0.4 is 10.6 Å². The van der Waals surface area contributed by atoms with Crippen LogP contribution in [0.25, 0.3) is 22.2 Å². The van der Waals surface area contributed by atoms with E-state index in [4.69, 9.17) is 9.26 Å². The minimum Gasteiger partial charge on any atom is -0.449 e. The van der Waals surface area contributed by atoms with E-state index in [9.17, 15) is 14.4 Å². The Labute approximate surface area is 160 Å². The highest BCUT2D eigenvalue weighted by Gasteiger charge is 2.21. The van der Waals surface area contributed by atoms with Crippen LogP contribution in [0.4, 0.5) is 4.79 Å². The number of nitrogens with zero attached hydrogens (tertiary/aromatic N) is 1. The summed E-state index contributed by atoms with van der Waals surface area (Å²) in [5, 5.41) is 9.18. The third-order valence-electron chi connectivity index (χ3n) is 3.98. The van der Waals surface area contributed by atoms with Crippen molar-refractivity contribution in [3.63, 3.8) is 0 Å². The number of hydrogen-bond acceptors (Lipinski definition) is 6. The molecule has 0 aliphatic heterocycles. The first-order valence-corrected chi connectivity index (χ1v) is 8.74. The van der Waals surface area contributed by atoms with Gasteiger partial charge in [-0.25, -0.2) is 9.59 Å². The molecule has 8 nitrogen and oxygen atoms in total. The highest BCUT2D eigenvalue weighted by Crippen LogP contribution is 2.29. The first-order chi connectivity index (χ1) is 13.5. The molecule has 1 atom stereocenters. The number of fused-ring (bicyclic) bond motifs is 1. The highest BCUT2D eigenvalue weighted by molar-refractivity contribution is 6.01. The van der Waals surface area contributed by atoms with Crippen molar-refractivity contribution >= 4 is 28.8 Å². The standard InChI is InChI=1S/C20H19N3O5/c1-3-21-20(26)22-18(24)12(2)27-19(25)14-9-10-16-15(11-14)17(28-23-16)13-7-5-4-6-8-13/h4-12H,3H2,1-2H3,(H2,21,22,24,26)/t12-/m1/s1. The zero-order valence-electron chi connectivity index (χ0n) is 15.4. The largest absolute Gasteiger partial charge is 0.449 e. The summed E-state index contributed by atoms with van der Waals surface area (Å²) in [6.07, 6.45) is -1.14. The Morgan fingerprint density at radius 2 is 1.89 bits per heavy atom. The van der Waals surface area contributed by atoms with Crippen LogP contribution in [0.3, 0.4) is 0 Å². The lowest BCUT2D eigenvalue weighted by Gasteiger charge is -2.13. The summed E-state index contributed by atoms with van der Waals surface area (Å²) < 4.78 is 10.6. The third kappa shape index (κ3) is 4.17. The van der Waals surface area contributed by atoms with Crippen LogP contribution in [0.15, 0.2) is 53.1 Å². The lowest BCUT2D eigenvalue weighted by molar-refractivity contribution is -0.127. The zero-order chi connectivity index (χ0) is 20.1. The summed E-state index contributed by atoms with van der Waals surface area (Å²) >= 11 is 0. The molecule has 3 aromatic rings. The summed E-state index contributed by atoms with van der Waals surface area (Å²) in [7, 11) is 0. The number of carbonyl (C=O) groups excluding carboxylic acids is 3. The number of aromatic nitrogens is 1. The number of amides is 3. The maximum atomic E-state index is 12.4. The number of hydrogen-bond donors (Lipinski definition) is 2. The number of imide groups is 1. The molecule has 0 bridgehead atoms. The fourth-order valence-corrected chi connectivity index (χ4v) is 2.57. The van der Waals surface area contributed by atoms with Crippen LogP contribution >= 0.6 is 0 Å². The molecule has 3 amide bonds. The van der Waals surface area contributed by atoms with Gasteiger partial charge in [0.1, 0.15) is 5.52 Å². The molecule has 0 unspecified atom stereocenters. The average molecular weight is 381 g/mol. The molecule has 2 N–H and O–H groups in total. The Hall–Kier alpha value is -3.68. The molecular formula is C20H19N3O5. The van der Waals surface area contributed by atoms with Gasteiger partial charge in [-0.1, -0.05) is 35.5 Å². The number of benzene rings is 2. The van der Waals surface area contributed by atoms with Crippen molar-refractivity contribution in [2.24, 2.45) is 0 Å². The minimum atomic E-state index is -1.14. The van der Waals surface area contributed by atoms with E-state index >= 15 is 0 Å². The number of nitrogens with one attached hydrogen (secondary N) is 2. The molecule has 2 aromatic carbocycles. The molecule has 0 radical (unpaired) electrons. The van der Waals surface area contributed by atoms with Crippen molar-refractivity contribution in [2.45, 2.75) is 20.0 Å². The van der Waals surface area contributed by atoms with Gasteiger partial charge in [0.2, 0.25) is 0 Å². The highest BCUT2D eigenvalue weighted by atomic mass is 16.5. The Morgan fingerprint density at radius 1 is 1.14 bits per heavy atom. The van der Waals surface area contributed by atoms with Gasteiger partial charge in [-0.15, -0.1) is 0 Å². The van der Waals surface area contributed by atoms with Crippen molar-refractivity contribution in [3.05, 3.63) is 54.1 Å². The van der Waals surface area contributed by atoms with E-state index in [0.717, 1.165) is 5.56 Å². The maximum absolute atomic E-state index is 12.4. The topological polar surface area (TPSA) is 111 Å². The molecule has 8 heteroatoms. The van der Waals surface area contributed by atoms with Crippen molar-refractivity contribution < 1.29 is 23.6 Å². The lowest BCUT2D eigenvalue weighted by atomic mass is 10.1. The molecule has 0 saturated heterocycles. The Balaban J connectivity index is 1.77. The number of urea groups is 1. The quantitative estimate of drug-likeness (QED) is 0.658. The molecule has 0 spiro atoms. The molecule has 0 saturated carbocycles. The molecule has 144 valence electrons. The number of esters is 1. The number of ether oxygens (including phenoxy) is 1. The summed E-state index contributed by atoms with van der Waals surface area (Å²) in [5.41, 5.74) is 1.66. The van der Waals surface area contributed by atoms with Gasteiger partial charge in [0.25, 0.3) is 5.91 Å². The summed E-state index contributed by atoms with van der Waals surface area (Å²) in [6.45, 7) is 3.48. The lowest BCUT2D eigenvalue weighted by Crippen LogP contribution is -2.44. The van der Waals surface area contributed by atoms with Gasteiger partial charge in [-0.3, -0.25) is 10.1 Å². The van der Waals surface area contributed by atoms with Gasteiger partial charge in [-0.05, 0) is 32.0 Å². The van der Waals surface area contributed by atoms with Gasteiger partial charge >= 0.3 is 12.0 Å². The van der Waals surface area contributed by atoms with E-state index in [1.165, 1.54) is 13.0 Å². The summed E-state index contributed by atoms with van der Waals surface area (Å²) in [5.74, 6) is -0.872. The Bertz CT molecular complexity index is 1010. The number of carbonyl (C=O) groups is 3. The SMILES string of the molecule is CCNC(=O)NC(=O)[C@@H](C)OC(=O)c1ccc2noc(-c3ccccc3)c2c1.